The second-order valence-corrected chi connectivity index (χ2v) is 10.1. The van der Waals surface area contributed by atoms with Gasteiger partial charge in [-0.2, -0.15) is 5.10 Å². The van der Waals surface area contributed by atoms with E-state index in [-0.39, 0.29) is 12.5 Å². The molecule has 0 aliphatic carbocycles. The number of aromatic nitrogens is 1. The standard InChI is InChI=1S/C25H18Br2IN3O3/c26-20-11-17(12-21(27)25(20)34-14-16-6-8-19(28)9-7-16)13-30-31-23(32)15-33-22-5-1-3-18-4-2-10-29-24(18)22/h1-13H,14-15H2,(H,31,32)/b30-13+. The normalized spacial score (nSPS) is 11.0. The number of amides is 1. The number of hydrogen-bond donors (Lipinski definition) is 1. The van der Waals surface area contributed by atoms with Crippen LogP contribution in [0.5, 0.6) is 11.5 Å². The van der Waals surface area contributed by atoms with Crippen molar-refractivity contribution in [3.05, 3.63) is 96.6 Å². The molecule has 1 heterocycles. The summed E-state index contributed by atoms with van der Waals surface area (Å²) < 4.78 is 14.3. The molecule has 0 aliphatic rings. The predicted octanol–water partition coefficient (Wildman–Crippen LogP) is 6.47. The molecule has 0 radical (unpaired) electrons. The van der Waals surface area contributed by atoms with E-state index in [0.717, 1.165) is 25.5 Å². The summed E-state index contributed by atoms with van der Waals surface area (Å²) in [6.07, 6.45) is 3.24. The van der Waals surface area contributed by atoms with Gasteiger partial charge in [0.25, 0.3) is 5.91 Å². The van der Waals surface area contributed by atoms with Crippen LogP contribution in [-0.2, 0) is 11.4 Å². The number of ether oxygens (including phenoxy) is 2. The fourth-order valence-corrected chi connectivity index (χ4v) is 4.89. The van der Waals surface area contributed by atoms with Gasteiger partial charge in [-0.15, -0.1) is 0 Å². The van der Waals surface area contributed by atoms with Crippen molar-refractivity contribution in [1.82, 2.24) is 10.4 Å². The van der Waals surface area contributed by atoms with E-state index >= 15 is 0 Å². The molecule has 1 N–H and O–H groups in total. The largest absolute Gasteiger partial charge is 0.487 e. The third kappa shape index (κ3) is 6.55. The monoisotopic (exact) mass is 693 g/mol. The highest BCUT2D eigenvalue weighted by atomic mass is 127. The van der Waals surface area contributed by atoms with E-state index in [9.17, 15) is 4.79 Å². The Labute approximate surface area is 227 Å². The van der Waals surface area contributed by atoms with Crippen LogP contribution in [0.1, 0.15) is 11.1 Å². The number of pyridine rings is 1. The zero-order valence-corrected chi connectivity index (χ0v) is 23.0. The Morgan fingerprint density at radius 2 is 1.76 bits per heavy atom. The summed E-state index contributed by atoms with van der Waals surface area (Å²) in [5.41, 5.74) is 5.04. The molecule has 1 amide bonds. The number of halogens is 3. The molecular formula is C25H18Br2IN3O3. The number of benzene rings is 3. The quantitative estimate of drug-likeness (QED) is 0.130. The van der Waals surface area contributed by atoms with Gasteiger partial charge in [0, 0.05) is 15.2 Å². The van der Waals surface area contributed by atoms with Crippen LogP contribution < -0.4 is 14.9 Å². The first kappa shape index (κ1) is 24.6. The van der Waals surface area contributed by atoms with Crippen LogP contribution in [0.4, 0.5) is 0 Å². The molecule has 4 aromatic rings. The van der Waals surface area contributed by atoms with Gasteiger partial charge in [0.2, 0.25) is 0 Å². The van der Waals surface area contributed by atoms with Gasteiger partial charge in [-0.3, -0.25) is 9.78 Å². The summed E-state index contributed by atoms with van der Waals surface area (Å²) in [5.74, 6) is 0.863. The highest BCUT2D eigenvalue weighted by molar-refractivity contribution is 14.1. The summed E-state index contributed by atoms with van der Waals surface area (Å²) in [7, 11) is 0. The Bertz CT molecular complexity index is 1320. The zero-order valence-electron chi connectivity index (χ0n) is 17.7. The second kappa shape index (κ2) is 11.8. The minimum absolute atomic E-state index is 0.175. The highest BCUT2D eigenvalue weighted by Crippen LogP contribution is 2.35. The number of nitrogens with one attached hydrogen (secondary N) is 1. The van der Waals surface area contributed by atoms with Gasteiger partial charge in [0.15, 0.2) is 6.61 Å². The van der Waals surface area contributed by atoms with Crippen LogP contribution in [0.3, 0.4) is 0 Å². The van der Waals surface area contributed by atoms with Crippen LogP contribution in [0.15, 0.2) is 87.0 Å². The molecule has 0 fully saturated rings. The molecule has 34 heavy (non-hydrogen) atoms. The summed E-state index contributed by atoms with van der Waals surface area (Å²) in [4.78, 5) is 16.5. The minimum Gasteiger partial charge on any atom is -0.487 e. The van der Waals surface area contributed by atoms with Crippen molar-refractivity contribution < 1.29 is 14.3 Å². The lowest BCUT2D eigenvalue weighted by Gasteiger charge is -2.11. The van der Waals surface area contributed by atoms with Crippen LogP contribution in [0.2, 0.25) is 0 Å². The van der Waals surface area contributed by atoms with E-state index in [1.54, 1.807) is 18.5 Å². The maximum Gasteiger partial charge on any atom is 0.277 e. The number of para-hydroxylation sites is 1. The van der Waals surface area contributed by atoms with Crippen LogP contribution in [0.25, 0.3) is 10.9 Å². The van der Waals surface area contributed by atoms with Crippen molar-refractivity contribution in [3.63, 3.8) is 0 Å². The zero-order chi connectivity index (χ0) is 23.9. The Kier molecular flexibility index (Phi) is 8.52. The van der Waals surface area contributed by atoms with E-state index in [4.69, 9.17) is 9.47 Å². The van der Waals surface area contributed by atoms with E-state index in [1.807, 2.05) is 60.7 Å². The first-order valence-corrected chi connectivity index (χ1v) is 12.8. The average molecular weight is 695 g/mol. The van der Waals surface area contributed by atoms with E-state index in [1.165, 1.54) is 3.57 Å². The van der Waals surface area contributed by atoms with Gasteiger partial charge in [0.1, 0.15) is 23.6 Å². The first-order chi connectivity index (χ1) is 16.5. The predicted molar refractivity (Wildman–Crippen MR) is 148 cm³/mol. The van der Waals surface area contributed by atoms with Gasteiger partial charge >= 0.3 is 0 Å². The van der Waals surface area contributed by atoms with Crippen LogP contribution in [-0.4, -0.2) is 23.7 Å². The number of hydrogen-bond acceptors (Lipinski definition) is 5. The van der Waals surface area contributed by atoms with Gasteiger partial charge in [-0.25, -0.2) is 5.43 Å². The van der Waals surface area contributed by atoms with Crippen LogP contribution in [0, 0.1) is 3.57 Å². The number of nitrogens with zero attached hydrogens (tertiary/aromatic N) is 2. The van der Waals surface area contributed by atoms with Crippen molar-refractivity contribution in [2.75, 3.05) is 6.61 Å². The average Bonchev–Trinajstić information content (AvgIpc) is 2.83. The lowest BCUT2D eigenvalue weighted by molar-refractivity contribution is -0.123. The smallest absolute Gasteiger partial charge is 0.277 e. The molecule has 0 unspecified atom stereocenters. The Balaban J connectivity index is 1.32. The van der Waals surface area contributed by atoms with E-state index in [0.29, 0.717) is 23.6 Å². The van der Waals surface area contributed by atoms with Crippen LogP contribution >= 0.6 is 54.5 Å². The third-order valence-corrected chi connectivity index (χ3v) is 6.57. The maximum atomic E-state index is 12.2. The summed E-state index contributed by atoms with van der Waals surface area (Å²) >= 11 is 9.36. The van der Waals surface area contributed by atoms with Crippen molar-refractivity contribution in [1.29, 1.82) is 0 Å². The van der Waals surface area contributed by atoms with E-state index in [2.05, 4.69) is 70.0 Å². The lowest BCUT2D eigenvalue weighted by atomic mass is 10.2. The fourth-order valence-electron chi connectivity index (χ4n) is 3.08. The van der Waals surface area contributed by atoms with Gasteiger partial charge in [-0.1, -0.05) is 30.3 Å². The van der Waals surface area contributed by atoms with Gasteiger partial charge in [-0.05, 0) is 102 Å². The van der Waals surface area contributed by atoms with Crippen molar-refractivity contribution in [2.24, 2.45) is 5.10 Å². The SMILES string of the molecule is O=C(COc1cccc2cccnc12)N/N=C/c1cc(Br)c(OCc2ccc(I)cc2)c(Br)c1. The number of carbonyl (C=O) groups excluding carboxylic acids is 1. The Hall–Kier alpha value is -2.50. The molecule has 1 aromatic heterocycles. The fraction of sp³-hybridized carbons (Fsp3) is 0.0800. The number of rotatable bonds is 8. The molecule has 172 valence electrons. The minimum atomic E-state index is -0.375. The summed E-state index contributed by atoms with van der Waals surface area (Å²) in [5, 5.41) is 4.97. The van der Waals surface area contributed by atoms with Gasteiger partial charge in [0.05, 0.1) is 15.2 Å². The number of fused-ring (bicyclic) bond motifs is 1. The van der Waals surface area contributed by atoms with Gasteiger partial charge < -0.3 is 9.47 Å². The molecule has 0 aliphatic heterocycles. The Morgan fingerprint density at radius 1 is 1.03 bits per heavy atom. The number of carbonyl (C=O) groups is 1. The van der Waals surface area contributed by atoms with Crippen molar-refractivity contribution >= 4 is 77.5 Å². The molecule has 0 bridgehead atoms. The summed E-state index contributed by atoms with van der Waals surface area (Å²) in [6.45, 7) is 0.273. The third-order valence-electron chi connectivity index (χ3n) is 4.67. The maximum absolute atomic E-state index is 12.2. The molecular weight excluding hydrogens is 677 g/mol. The summed E-state index contributed by atoms with van der Waals surface area (Å²) in [6, 6.07) is 21.3. The molecule has 4 rings (SSSR count). The molecule has 0 saturated carbocycles. The topological polar surface area (TPSA) is 72.8 Å². The molecule has 0 atom stereocenters. The number of hydrazone groups is 1. The van der Waals surface area contributed by atoms with Crippen molar-refractivity contribution in [3.8, 4) is 11.5 Å². The van der Waals surface area contributed by atoms with Crippen molar-refractivity contribution in [2.45, 2.75) is 6.61 Å². The van der Waals surface area contributed by atoms with E-state index < -0.39 is 0 Å². The molecule has 0 spiro atoms. The lowest BCUT2D eigenvalue weighted by Crippen LogP contribution is -2.24. The molecule has 3 aromatic carbocycles. The highest BCUT2D eigenvalue weighted by Gasteiger charge is 2.10. The Morgan fingerprint density at radius 3 is 2.53 bits per heavy atom. The molecule has 0 saturated heterocycles. The molecule has 9 heteroatoms. The first-order valence-electron chi connectivity index (χ1n) is 10.1. The second-order valence-electron chi connectivity index (χ2n) is 7.14. The molecule has 6 nitrogen and oxygen atoms in total.